The Morgan fingerprint density at radius 3 is 2.47 bits per heavy atom. The van der Waals surface area contributed by atoms with Crippen LogP contribution in [0.5, 0.6) is 0 Å². The van der Waals surface area contributed by atoms with Gasteiger partial charge in [0.05, 0.1) is 5.92 Å². The van der Waals surface area contributed by atoms with Crippen LogP contribution < -0.4 is 5.32 Å². The molecule has 2 rings (SSSR count). The molecule has 1 amide bonds. The minimum absolute atomic E-state index is 0.194. The number of carbonyl (C=O) groups is 2. The number of carboxylic acid groups (broad SMARTS) is 1. The second kappa shape index (κ2) is 4.90. The molecule has 1 aromatic rings. The van der Waals surface area contributed by atoms with Gasteiger partial charge in [0.1, 0.15) is 0 Å². The Morgan fingerprint density at radius 1 is 1.24 bits per heavy atom. The molecule has 2 atom stereocenters. The highest BCUT2D eigenvalue weighted by molar-refractivity contribution is 5.91. The Hall–Kier alpha value is -1.98. The molecule has 0 saturated heterocycles. The smallest absolute Gasteiger partial charge is 0.306 e. The second-order valence-corrected chi connectivity index (χ2v) is 4.11. The number of aromatic nitrogens is 2. The molecule has 0 bridgehead atoms. The zero-order valence-electron chi connectivity index (χ0n) is 9.17. The van der Waals surface area contributed by atoms with E-state index in [9.17, 15) is 9.59 Å². The van der Waals surface area contributed by atoms with Crippen LogP contribution in [-0.2, 0) is 9.59 Å². The summed E-state index contributed by atoms with van der Waals surface area (Å²) in [6, 6.07) is 1.66. The van der Waals surface area contributed by atoms with E-state index in [1.165, 1.54) is 12.4 Å². The Labute approximate surface area is 98.1 Å². The topological polar surface area (TPSA) is 92.2 Å². The van der Waals surface area contributed by atoms with Crippen LogP contribution in [0.1, 0.15) is 19.3 Å². The van der Waals surface area contributed by atoms with Crippen molar-refractivity contribution in [2.24, 2.45) is 11.8 Å². The van der Waals surface area contributed by atoms with Crippen molar-refractivity contribution in [3.63, 3.8) is 0 Å². The lowest BCUT2D eigenvalue weighted by molar-refractivity contribution is -0.141. The highest BCUT2D eigenvalue weighted by atomic mass is 16.4. The van der Waals surface area contributed by atoms with E-state index >= 15 is 0 Å². The number of rotatable bonds is 3. The lowest BCUT2D eigenvalue weighted by Crippen LogP contribution is -2.22. The summed E-state index contributed by atoms with van der Waals surface area (Å²) >= 11 is 0. The summed E-state index contributed by atoms with van der Waals surface area (Å²) in [5.41, 5.74) is 0. The minimum Gasteiger partial charge on any atom is -0.481 e. The van der Waals surface area contributed by atoms with E-state index in [0.29, 0.717) is 19.3 Å². The first-order valence-electron chi connectivity index (χ1n) is 5.47. The molecule has 6 nitrogen and oxygen atoms in total. The molecule has 1 aliphatic rings. The predicted octanol–water partition coefficient (Wildman–Crippen LogP) is 0.916. The number of hydrogen-bond acceptors (Lipinski definition) is 4. The highest BCUT2D eigenvalue weighted by Gasteiger charge is 2.33. The average Bonchev–Trinajstić information content (AvgIpc) is 2.79. The lowest BCUT2D eigenvalue weighted by atomic mass is 10.0. The van der Waals surface area contributed by atoms with Crippen LogP contribution in [0.15, 0.2) is 18.5 Å². The molecule has 2 unspecified atom stereocenters. The first kappa shape index (κ1) is 11.5. The van der Waals surface area contributed by atoms with Gasteiger partial charge in [0.25, 0.3) is 0 Å². The van der Waals surface area contributed by atoms with Crippen molar-refractivity contribution in [3.8, 4) is 0 Å². The molecule has 1 aliphatic carbocycles. The number of anilines is 1. The van der Waals surface area contributed by atoms with Gasteiger partial charge < -0.3 is 5.11 Å². The molecule has 1 aromatic heterocycles. The zero-order valence-corrected chi connectivity index (χ0v) is 9.17. The van der Waals surface area contributed by atoms with Gasteiger partial charge in [-0.05, 0) is 25.3 Å². The van der Waals surface area contributed by atoms with E-state index in [0.717, 1.165) is 0 Å². The maximum atomic E-state index is 11.8. The van der Waals surface area contributed by atoms with Gasteiger partial charge in [0.15, 0.2) is 0 Å². The van der Waals surface area contributed by atoms with E-state index in [1.807, 2.05) is 0 Å². The maximum Gasteiger partial charge on any atom is 0.306 e. The third kappa shape index (κ3) is 2.77. The Bertz CT molecular complexity index is 421. The molecule has 2 N–H and O–H groups in total. The van der Waals surface area contributed by atoms with Gasteiger partial charge in [-0.2, -0.15) is 0 Å². The molecular formula is C11H13N3O3. The van der Waals surface area contributed by atoms with Crippen LogP contribution in [-0.4, -0.2) is 27.0 Å². The van der Waals surface area contributed by atoms with Crippen LogP contribution in [0.25, 0.3) is 0 Å². The van der Waals surface area contributed by atoms with Crippen LogP contribution in [0, 0.1) is 11.8 Å². The fraction of sp³-hybridized carbons (Fsp3) is 0.455. The quantitative estimate of drug-likeness (QED) is 0.812. The number of carbonyl (C=O) groups excluding carboxylic acids is 1. The van der Waals surface area contributed by atoms with E-state index in [1.54, 1.807) is 6.07 Å². The van der Waals surface area contributed by atoms with Crippen LogP contribution >= 0.6 is 0 Å². The standard InChI is InChI=1S/C11H13N3O3/c15-9(14-11-12-4-1-5-13-11)7-2-3-8(6-7)10(16)17/h1,4-5,7-8H,2-3,6H2,(H,16,17)(H,12,13,14,15). The van der Waals surface area contributed by atoms with Gasteiger partial charge in [-0.1, -0.05) is 0 Å². The van der Waals surface area contributed by atoms with E-state index < -0.39 is 11.9 Å². The van der Waals surface area contributed by atoms with Crippen molar-refractivity contribution in [2.45, 2.75) is 19.3 Å². The molecule has 0 aliphatic heterocycles. The van der Waals surface area contributed by atoms with Gasteiger partial charge in [-0.3, -0.25) is 14.9 Å². The van der Waals surface area contributed by atoms with Crippen molar-refractivity contribution in [3.05, 3.63) is 18.5 Å². The van der Waals surface area contributed by atoms with Crippen molar-refractivity contribution < 1.29 is 14.7 Å². The number of amides is 1. The van der Waals surface area contributed by atoms with Crippen molar-refractivity contribution in [1.82, 2.24) is 9.97 Å². The first-order chi connectivity index (χ1) is 8.16. The fourth-order valence-corrected chi connectivity index (χ4v) is 2.02. The molecule has 1 heterocycles. The number of nitrogens with zero attached hydrogens (tertiary/aromatic N) is 2. The number of hydrogen-bond donors (Lipinski definition) is 2. The van der Waals surface area contributed by atoms with Crippen molar-refractivity contribution in [1.29, 1.82) is 0 Å². The molecular weight excluding hydrogens is 222 g/mol. The number of nitrogens with one attached hydrogen (secondary N) is 1. The van der Waals surface area contributed by atoms with Gasteiger partial charge >= 0.3 is 5.97 Å². The van der Waals surface area contributed by atoms with Crippen LogP contribution in [0.4, 0.5) is 5.95 Å². The third-order valence-electron chi connectivity index (χ3n) is 2.95. The summed E-state index contributed by atoms with van der Waals surface area (Å²) in [6.45, 7) is 0. The highest BCUT2D eigenvalue weighted by Crippen LogP contribution is 2.31. The number of carboxylic acids is 1. The van der Waals surface area contributed by atoms with Gasteiger partial charge in [-0.15, -0.1) is 0 Å². The monoisotopic (exact) mass is 235 g/mol. The Kier molecular flexibility index (Phi) is 3.32. The summed E-state index contributed by atoms with van der Waals surface area (Å²) in [6.07, 6.45) is 4.64. The van der Waals surface area contributed by atoms with Gasteiger partial charge in [0.2, 0.25) is 11.9 Å². The maximum absolute atomic E-state index is 11.8. The van der Waals surface area contributed by atoms with Crippen LogP contribution in [0.2, 0.25) is 0 Å². The molecule has 17 heavy (non-hydrogen) atoms. The summed E-state index contributed by atoms with van der Waals surface area (Å²) in [4.78, 5) is 30.3. The first-order valence-corrected chi connectivity index (χ1v) is 5.47. The van der Waals surface area contributed by atoms with Crippen LogP contribution in [0.3, 0.4) is 0 Å². The summed E-state index contributed by atoms with van der Waals surface area (Å²) in [5.74, 6) is -1.41. The summed E-state index contributed by atoms with van der Waals surface area (Å²) in [5, 5.41) is 11.4. The molecule has 1 saturated carbocycles. The fourth-order valence-electron chi connectivity index (χ4n) is 2.02. The second-order valence-electron chi connectivity index (χ2n) is 4.11. The van der Waals surface area contributed by atoms with Gasteiger partial charge in [-0.25, -0.2) is 9.97 Å². The molecule has 0 radical (unpaired) electrons. The third-order valence-corrected chi connectivity index (χ3v) is 2.95. The zero-order chi connectivity index (χ0) is 12.3. The molecule has 0 aromatic carbocycles. The lowest BCUT2D eigenvalue weighted by Gasteiger charge is -2.08. The van der Waals surface area contributed by atoms with Gasteiger partial charge in [0, 0.05) is 18.3 Å². The summed E-state index contributed by atoms with van der Waals surface area (Å²) in [7, 11) is 0. The Morgan fingerprint density at radius 2 is 1.88 bits per heavy atom. The number of aliphatic carboxylic acids is 1. The average molecular weight is 235 g/mol. The summed E-state index contributed by atoms with van der Waals surface area (Å²) < 4.78 is 0. The SMILES string of the molecule is O=C(O)C1CCC(C(=O)Nc2ncccn2)C1. The van der Waals surface area contributed by atoms with E-state index in [-0.39, 0.29) is 17.8 Å². The van der Waals surface area contributed by atoms with Crippen molar-refractivity contribution >= 4 is 17.8 Å². The minimum atomic E-state index is -0.823. The van der Waals surface area contributed by atoms with Crippen molar-refractivity contribution in [2.75, 3.05) is 5.32 Å². The van der Waals surface area contributed by atoms with E-state index in [4.69, 9.17) is 5.11 Å². The normalized spacial score (nSPS) is 23.3. The van der Waals surface area contributed by atoms with E-state index in [2.05, 4.69) is 15.3 Å². The largest absolute Gasteiger partial charge is 0.481 e. The molecule has 0 spiro atoms. The molecule has 90 valence electrons. The Balaban J connectivity index is 1.92. The molecule has 6 heteroatoms. The molecule has 1 fully saturated rings. The predicted molar refractivity (Wildman–Crippen MR) is 59.1 cm³/mol.